The number of nitrogen functional groups attached to an aromatic ring is 1. The summed E-state index contributed by atoms with van der Waals surface area (Å²) >= 11 is 0. The van der Waals surface area contributed by atoms with Crippen LogP contribution in [0.3, 0.4) is 0 Å². The van der Waals surface area contributed by atoms with E-state index in [2.05, 4.69) is 0 Å². The second kappa shape index (κ2) is 8.28. The normalized spacial score (nSPS) is 11.0. The van der Waals surface area contributed by atoms with Crippen molar-refractivity contribution in [2.24, 2.45) is 5.84 Å². The lowest BCUT2D eigenvalue weighted by molar-refractivity contribution is -0.131. The number of carbonyl (C=O) groups is 1. The average Bonchev–Trinajstić information content (AvgIpc) is 2.44. The summed E-state index contributed by atoms with van der Waals surface area (Å²) in [5.74, 6) is 5.00. The van der Waals surface area contributed by atoms with E-state index in [-0.39, 0.29) is 6.61 Å². The zero-order valence-electron chi connectivity index (χ0n) is 12.2. The summed E-state index contributed by atoms with van der Waals surface area (Å²) in [5.41, 5.74) is 8.91. The highest BCUT2D eigenvalue weighted by molar-refractivity contribution is 5.87. The average molecular weight is 293 g/mol. The van der Waals surface area contributed by atoms with Crippen LogP contribution in [0.15, 0.2) is 18.2 Å². The zero-order valence-corrected chi connectivity index (χ0v) is 12.2. The SMILES string of the molecule is Cc1c(/C=C/C(=O)O)ccc(N(N)CCCCCO)c1N. The number of nitrogens with zero attached hydrogens (tertiary/aromatic N) is 1. The minimum absolute atomic E-state index is 0.191. The molecule has 6 N–H and O–H groups in total. The maximum atomic E-state index is 10.6. The van der Waals surface area contributed by atoms with E-state index >= 15 is 0 Å². The molecule has 6 heteroatoms. The number of aliphatic hydroxyl groups excluding tert-OH is 1. The minimum atomic E-state index is -0.999. The molecule has 0 saturated heterocycles. The third-order valence-corrected chi connectivity index (χ3v) is 3.31. The number of carboxylic acid groups (broad SMARTS) is 1. The van der Waals surface area contributed by atoms with Crippen molar-refractivity contribution in [2.75, 3.05) is 23.9 Å². The van der Waals surface area contributed by atoms with Gasteiger partial charge in [0, 0.05) is 19.2 Å². The second-order valence-electron chi connectivity index (χ2n) is 4.86. The molecule has 0 fully saturated rings. The summed E-state index contributed by atoms with van der Waals surface area (Å²) in [6.45, 7) is 2.67. The van der Waals surface area contributed by atoms with Crippen LogP contribution in [-0.4, -0.2) is 29.3 Å². The maximum Gasteiger partial charge on any atom is 0.328 e. The van der Waals surface area contributed by atoms with E-state index in [9.17, 15) is 4.79 Å². The van der Waals surface area contributed by atoms with Gasteiger partial charge in [0.05, 0.1) is 11.4 Å². The van der Waals surface area contributed by atoms with Crippen LogP contribution in [0.4, 0.5) is 11.4 Å². The summed E-state index contributed by atoms with van der Waals surface area (Å²) in [6.07, 6.45) is 5.14. The summed E-state index contributed by atoms with van der Waals surface area (Å²) in [6, 6.07) is 3.59. The Hall–Kier alpha value is -2.05. The molecule has 1 aromatic carbocycles. The molecule has 0 amide bonds. The van der Waals surface area contributed by atoms with Gasteiger partial charge in [-0.25, -0.2) is 10.6 Å². The van der Waals surface area contributed by atoms with Crippen LogP contribution in [0.5, 0.6) is 0 Å². The highest BCUT2D eigenvalue weighted by Gasteiger charge is 2.10. The Morgan fingerprint density at radius 2 is 2.05 bits per heavy atom. The lowest BCUT2D eigenvalue weighted by Crippen LogP contribution is -2.32. The Bertz CT molecular complexity index is 515. The van der Waals surface area contributed by atoms with E-state index < -0.39 is 5.97 Å². The first-order valence-corrected chi connectivity index (χ1v) is 6.90. The largest absolute Gasteiger partial charge is 0.478 e. The zero-order chi connectivity index (χ0) is 15.8. The number of nitrogens with two attached hydrogens (primary N) is 2. The first-order valence-electron chi connectivity index (χ1n) is 6.90. The molecule has 0 atom stereocenters. The Morgan fingerprint density at radius 1 is 1.33 bits per heavy atom. The third-order valence-electron chi connectivity index (χ3n) is 3.31. The van der Waals surface area contributed by atoms with Crippen LogP contribution in [0.25, 0.3) is 6.08 Å². The highest BCUT2D eigenvalue weighted by Crippen LogP contribution is 2.28. The molecule has 0 radical (unpaired) electrons. The van der Waals surface area contributed by atoms with E-state index in [0.29, 0.717) is 12.2 Å². The van der Waals surface area contributed by atoms with E-state index in [4.69, 9.17) is 21.8 Å². The monoisotopic (exact) mass is 293 g/mol. The van der Waals surface area contributed by atoms with Gasteiger partial charge in [-0.05, 0) is 49.5 Å². The number of anilines is 2. The van der Waals surface area contributed by atoms with Gasteiger partial charge in [-0.3, -0.25) is 0 Å². The van der Waals surface area contributed by atoms with Gasteiger partial charge in [-0.2, -0.15) is 0 Å². The molecule has 1 aromatic rings. The van der Waals surface area contributed by atoms with Crippen molar-refractivity contribution in [2.45, 2.75) is 26.2 Å². The molecule has 116 valence electrons. The molecular weight excluding hydrogens is 270 g/mol. The van der Waals surface area contributed by atoms with Crippen molar-refractivity contribution >= 4 is 23.4 Å². The van der Waals surface area contributed by atoms with Crippen LogP contribution in [0.1, 0.15) is 30.4 Å². The summed E-state index contributed by atoms with van der Waals surface area (Å²) in [4.78, 5) is 10.6. The molecule has 1 rings (SSSR count). The lowest BCUT2D eigenvalue weighted by atomic mass is 10.0. The van der Waals surface area contributed by atoms with Gasteiger partial charge in [0.1, 0.15) is 0 Å². The van der Waals surface area contributed by atoms with Crippen molar-refractivity contribution in [3.05, 3.63) is 29.3 Å². The van der Waals surface area contributed by atoms with Crippen molar-refractivity contribution in [3.63, 3.8) is 0 Å². The number of carboxylic acids is 1. The minimum Gasteiger partial charge on any atom is -0.478 e. The number of benzene rings is 1. The molecule has 0 bridgehead atoms. The van der Waals surface area contributed by atoms with Crippen LogP contribution >= 0.6 is 0 Å². The van der Waals surface area contributed by atoms with E-state index in [1.54, 1.807) is 17.1 Å². The Morgan fingerprint density at radius 3 is 2.67 bits per heavy atom. The topological polar surface area (TPSA) is 113 Å². The third kappa shape index (κ3) is 5.09. The Kier molecular flexibility index (Phi) is 6.71. The molecule has 0 heterocycles. The van der Waals surface area contributed by atoms with Crippen LogP contribution in [0, 0.1) is 6.92 Å². The van der Waals surface area contributed by atoms with Gasteiger partial charge in [0.2, 0.25) is 0 Å². The van der Waals surface area contributed by atoms with Gasteiger partial charge in [-0.15, -0.1) is 0 Å². The van der Waals surface area contributed by atoms with E-state index in [0.717, 1.165) is 42.2 Å². The summed E-state index contributed by atoms with van der Waals surface area (Å²) in [5, 5.41) is 19.0. The van der Waals surface area contributed by atoms with Crippen molar-refractivity contribution in [1.82, 2.24) is 0 Å². The Labute approximate surface area is 124 Å². The molecule has 21 heavy (non-hydrogen) atoms. The van der Waals surface area contributed by atoms with Gasteiger partial charge >= 0.3 is 5.97 Å². The van der Waals surface area contributed by atoms with Crippen molar-refractivity contribution in [1.29, 1.82) is 0 Å². The van der Waals surface area contributed by atoms with Crippen LogP contribution in [-0.2, 0) is 4.79 Å². The predicted molar refractivity (Wildman–Crippen MR) is 84.7 cm³/mol. The quantitative estimate of drug-likeness (QED) is 0.190. The van der Waals surface area contributed by atoms with Gasteiger partial charge in [0.25, 0.3) is 0 Å². The first kappa shape index (κ1) is 17.0. The van der Waals surface area contributed by atoms with Crippen molar-refractivity contribution < 1.29 is 15.0 Å². The molecule has 0 spiro atoms. The molecule has 0 aliphatic heterocycles. The van der Waals surface area contributed by atoms with Crippen LogP contribution in [0.2, 0.25) is 0 Å². The van der Waals surface area contributed by atoms with Crippen LogP contribution < -0.4 is 16.6 Å². The summed E-state index contributed by atoms with van der Waals surface area (Å²) < 4.78 is 0. The first-order chi connectivity index (χ1) is 9.97. The fourth-order valence-corrected chi connectivity index (χ4v) is 2.01. The molecule has 0 aromatic heterocycles. The standard InChI is InChI=1S/C15H23N3O3/c1-11-12(6-8-14(20)21)5-7-13(15(11)16)18(17)9-3-2-4-10-19/h5-8,19H,2-4,9-10,16-17H2,1H3,(H,20,21)/b8-6+. The smallest absolute Gasteiger partial charge is 0.328 e. The molecular formula is C15H23N3O3. The van der Waals surface area contributed by atoms with Gasteiger partial charge in [-0.1, -0.05) is 6.07 Å². The summed E-state index contributed by atoms with van der Waals surface area (Å²) in [7, 11) is 0. The lowest BCUT2D eigenvalue weighted by Gasteiger charge is -2.22. The molecule has 0 aliphatic carbocycles. The fourth-order valence-electron chi connectivity index (χ4n) is 2.01. The fraction of sp³-hybridized carbons (Fsp3) is 0.400. The maximum absolute atomic E-state index is 10.6. The molecule has 6 nitrogen and oxygen atoms in total. The van der Waals surface area contributed by atoms with Gasteiger partial charge in [0.15, 0.2) is 0 Å². The number of hydrazine groups is 1. The number of unbranched alkanes of at least 4 members (excludes halogenated alkanes) is 2. The predicted octanol–water partition coefficient (Wildman–Crippen LogP) is 1.52. The molecule has 0 saturated carbocycles. The van der Waals surface area contributed by atoms with E-state index in [1.807, 2.05) is 6.92 Å². The highest BCUT2D eigenvalue weighted by atomic mass is 16.4. The molecule has 0 aliphatic rings. The van der Waals surface area contributed by atoms with E-state index in [1.165, 1.54) is 6.08 Å². The number of hydrogen-bond donors (Lipinski definition) is 4. The number of rotatable bonds is 8. The molecule has 0 unspecified atom stereocenters. The number of aliphatic hydroxyl groups is 1. The number of hydrogen-bond acceptors (Lipinski definition) is 5. The second-order valence-corrected chi connectivity index (χ2v) is 4.86. The number of aliphatic carboxylic acids is 1. The van der Waals surface area contributed by atoms with Crippen molar-refractivity contribution in [3.8, 4) is 0 Å². The Balaban J connectivity index is 2.81. The van der Waals surface area contributed by atoms with Gasteiger partial charge < -0.3 is 21.0 Å².